The van der Waals surface area contributed by atoms with E-state index >= 15 is 0 Å². The molecule has 0 spiro atoms. The van der Waals surface area contributed by atoms with Crippen LogP contribution in [0.5, 0.6) is 0 Å². The minimum Gasteiger partial charge on any atom is -0.316 e. The molecule has 1 aromatic carbocycles. The number of aryl methyl sites for hydroxylation is 1. The van der Waals surface area contributed by atoms with Crippen LogP contribution >= 0.6 is 0 Å². The molecule has 1 atom stereocenters. The van der Waals surface area contributed by atoms with Crippen molar-refractivity contribution in [1.82, 2.24) is 5.32 Å². The lowest BCUT2D eigenvalue weighted by Crippen LogP contribution is -2.31. The maximum absolute atomic E-state index is 13.8. The Morgan fingerprint density at radius 3 is 2.88 bits per heavy atom. The predicted octanol–water partition coefficient (Wildman–Crippen LogP) is 2.98. The van der Waals surface area contributed by atoms with E-state index in [1.54, 1.807) is 6.07 Å². The lowest BCUT2D eigenvalue weighted by atomic mass is 9.89. The first-order valence-corrected chi connectivity index (χ1v) is 6.14. The Morgan fingerprint density at radius 1 is 1.38 bits per heavy atom. The highest BCUT2D eigenvalue weighted by Gasteiger charge is 2.17. The Bertz CT molecular complexity index is 367. The minimum atomic E-state index is -0.0336. The summed E-state index contributed by atoms with van der Waals surface area (Å²) in [5, 5.41) is 3.39. The zero-order valence-electron chi connectivity index (χ0n) is 10.1. The van der Waals surface area contributed by atoms with E-state index in [-0.39, 0.29) is 5.82 Å². The molecule has 1 heterocycles. The molecule has 16 heavy (non-hydrogen) atoms. The highest BCUT2D eigenvalue weighted by molar-refractivity contribution is 5.34. The van der Waals surface area contributed by atoms with Gasteiger partial charge in [-0.25, -0.2) is 4.39 Å². The second-order valence-corrected chi connectivity index (χ2v) is 4.88. The molecular formula is C14H20FN. The van der Waals surface area contributed by atoms with Gasteiger partial charge in [0.25, 0.3) is 0 Å². The van der Waals surface area contributed by atoms with Crippen molar-refractivity contribution >= 4 is 0 Å². The molecule has 0 radical (unpaired) electrons. The lowest BCUT2D eigenvalue weighted by molar-refractivity contribution is 0.371. The van der Waals surface area contributed by atoms with E-state index < -0.39 is 0 Å². The van der Waals surface area contributed by atoms with Gasteiger partial charge in [0, 0.05) is 0 Å². The molecule has 1 unspecified atom stereocenters. The standard InChI is InChI=1S/C14H20FN/c1-10-5-6-14(15)13(11(10)2)8-12-4-3-7-16-9-12/h5-6,12,16H,3-4,7-9H2,1-2H3. The molecule has 0 saturated carbocycles. The highest BCUT2D eigenvalue weighted by atomic mass is 19.1. The van der Waals surface area contributed by atoms with Crippen LogP contribution in [-0.4, -0.2) is 13.1 Å². The topological polar surface area (TPSA) is 12.0 Å². The summed E-state index contributed by atoms with van der Waals surface area (Å²) < 4.78 is 13.8. The van der Waals surface area contributed by atoms with Gasteiger partial charge in [-0.3, -0.25) is 0 Å². The van der Waals surface area contributed by atoms with Gasteiger partial charge >= 0.3 is 0 Å². The van der Waals surface area contributed by atoms with Crippen LogP contribution in [0.1, 0.15) is 29.5 Å². The van der Waals surface area contributed by atoms with Gasteiger partial charge in [-0.05, 0) is 74.9 Å². The normalized spacial score (nSPS) is 21.1. The van der Waals surface area contributed by atoms with Gasteiger partial charge in [-0.2, -0.15) is 0 Å². The molecule has 1 aliphatic heterocycles. The molecule has 1 aliphatic rings. The van der Waals surface area contributed by atoms with Crippen LogP contribution in [0.2, 0.25) is 0 Å². The number of rotatable bonds is 2. The molecule has 1 N–H and O–H groups in total. The van der Waals surface area contributed by atoms with Crippen LogP contribution in [0.25, 0.3) is 0 Å². The second-order valence-electron chi connectivity index (χ2n) is 4.88. The minimum absolute atomic E-state index is 0.0336. The number of hydrogen-bond donors (Lipinski definition) is 1. The summed E-state index contributed by atoms with van der Waals surface area (Å²) in [4.78, 5) is 0. The Kier molecular flexibility index (Phi) is 3.59. The maximum Gasteiger partial charge on any atom is 0.126 e. The first-order valence-electron chi connectivity index (χ1n) is 6.14. The maximum atomic E-state index is 13.8. The van der Waals surface area contributed by atoms with Gasteiger partial charge in [0.05, 0.1) is 0 Å². The summed E-state index contributed by atoms with van der Waals surface area (Å²) in [7, 11) is 0. The molecule has 1 aromatic rings. The number of halogens is 1. The fourth-order valence-corrected chi connectivity index (χ4v) is 2.48. The van der Waals surface area contributed by atoms with E-state index in [0.29, 0.717) is 5.92 Å². The first-order chi connectivity index (χ1) is 7.68. The van der Waals surface area contributed by atoms with Crippen molar-refractivity contribution in [2.75, 3.05) is 13.1 Å². The van der Waals surface area contributed by atoms with Gasteiger partial charge in [0.2, 0.25) is 0 Å². The smallest absolute Gasteiger partial charge is 0.126 e. The molecule has 1 fully saturated rings. The highest BCUT2D eigenvalue weighted by Crippen LogP contribution is 2.23. The number of piperidine rings is 1. The summed E-state index contributed by atoms with van der Waals surface area (Å²) in [6, 6.07) is 3.47. The summed E-state index contributed by atoms with van der Waals surface area (Å²) in [6.07, 6.45) is 3.32. The van der Waals surface area contributed by atoms with E-state index in [1.165, 1.54) is 18.4 Å². The number of hydrogen-bond acceptors (Lipinski definition) is 1. The Morgan fingerprint density at radius 2 is 2.19 bits per heavy atom. The summed E-state index contributed by atoms with van der Waals surface area (Å²) in [5.41, 5.74) is 3.25. The van der Waals surface area contributed by atoms with Gasteiger partial charge in [0.1, 0.15) is 5.82 Å². The Balaban J connectivity index is 2.16. The third-order valence-corrected chi connectivity index (χ3v) is 3.70. The zero-order chi connectivity index (χ0) is 11.5. The lowest BCUT2D eigenvalue weighted by Gasteiger charge is -2.24. The monoisotopic (exact) mass is 221 g/mol. The molecule has 2 heteroatoms. The molecule has 88 valence electrons. The molecule has 0 bridgehead atoms. The van der Waals surface area contributed by atoms with E-state index in [9.17, 15) is 4.39 Å². The van der Waals surface area contributed by atoms with Gasteiger partial charge in [-0.15, -0.1) is 0 Å². The largest absolute Gasteiger partial charge is 0.316 e. The molecule has 0 aliphatic carbocycles. The number of nitrogens with one attached hydrogen (secondary N) is 1. The van der Waals surface area contributed by atoms with Crippen LogP contribution in [0.3, 0.4) is 0 Å². The van der Waals surface area contributed by atoms with E-state index in [4.69, 9.17) is 0 Å². The van der Waals surface area contributed by atoms with Crippen LogP contribution in [-0.2, 0) is 6.42 Å². The van der Waals surface area contributed by atoms with E-state index in [0.717, 1.165) is 30.6 Å². The van der Waals surface area contributed by atoms with Crippen molar-refractivity contribution in [2.24, 2.45) is 5.92 Å². The Labute approximate surface area is 97.1 Å². The van der Waals surface area contributed by atoms with Gasteiger partial charge in [0.15, 0.2) is 0 Å². The van der Waals surface area contributed by atoms with E-state index in [1.807, 2.05) is 13.0 Å². The Hall–Kier alpha value is -0.890. The summed E-state index contributed by atoms with van der Waals surface area (Å²) in [6.45, 7) is 6.24. The van der Waals surface area contributed by atoms with Crippen molar-refractivity contribution in [1.29, 1.82) is 0 Å². The molecule has 0 aromatic heterocycles. The average Bonchev–Trinajstić information content (AvgIpc) is 2.31. The van der Waals surface area contributed by atoms with Crippen molar-refractivity contribution in [3.05, 3.63) is 34.6 Å². The zero-order valence-corrected chi connectivity index (χ0v) is 10.1. The number of benzene rings is 1. The van der Waals surface area contributed by atoms with Crippen LogP contribution in [0, 0.1) is 25.6 Å². The van der Waals surface area contributed by atoms with Crippen molar-refractivity contribution in [3.63, 3.8) is 0 Å². The SMILES string of the molecule is Cc1ccc(F)c(CC2CCCNC2)c1C. The molecule has 1 saturated heterocycles. The van der Waals surface area contributed by atoms with E-state index in [2.05, 4.69) is 12.2 Å². The van der Waals surface area contributed by atoms with Crippen molar-refractivity contribution in [3.8, 4) is 0 Å². The molecule has 2 rings (SSSR count). The second kappa shape index (κ2) is 4.96. The quantitative estimate of drug-likeness (QED) is 0.809. The third-order valence-electron chi connectivity index (χ3n) is 3.70. The van der Waals surface area contributed by atoms with Crippen LogP contribution in [0.4, 0.5) is 4.39 Å². The van der Waals surface area contributed by atoms with Crippen molar-refractivity contribution < 1.29 is 4.39 Å². The molecular weight excluding hydrogens is 201 g/mol. The van der Waals surface area contributed by atoms with Gasteiger partial charge in [-0.1, -0.05) is 6.07 Å². The predicted molar refractivity (Wildman–Crippen MR) is 65.2 cm³/mol. The first kappa shape index (κ1) is 11.6. The molecule has 1 nitrogen and oxygen atoms in total. The van der Waals surface area contributed by atoms with Crippen LogP contribution in [0.15, 0.2) is 12.1 Å². The third kappa shape index (κ3) is 2.43. The van der Waals surface area contributed by atoms with Crippen molar-refractivity contribution in [2.45, 2.75) is 33.1 Å². The summed E-state index contributed by atoms with van der Waals surface area (Å²) >= 11 is 0. The fourth-order valence-electron chi connectivity index (χ4n) is 2.48. The van der Waals surface area contributed by atoms with Crippen LogP contribution < -0.4 is 5.32 Å². The fraction of sp³-hybridized carbons (Fsp3) is 0.571. The summed E-state index contributed by atoms with van der Waals surface area (Å²) in [5.74, 6) is 0.567. The van der Waals surface area contributed by atoms with Gasteiger partial charge < -0.3 is 5.32 Å². The molecule has 0 amide bonds. The average molecular weight is 221 g/mol.